The van der Waals surface area contributed by atoms with E-state index in [9.17, 15) is 19.2 Å². The van der Waals surface area contributed by atoms with Gasteiger partial charge in [0, 0.05) is 64.5 Å². The van der Waals surface area contributed by atoms with Crippen LogP contribution in [-0.4, -0.2) is 57.0 Å². The fourth-order valence-corrected chi connectivity index (χ4v) is 5.27. The molecule has 0 fully saturated rings. The van der Waals surface area contributed by atoms with Crippen LogP contribution in [0.2, 0.25) is 0 Å². The van der Waals surface area contributed by atoms with Crippen LogP contribution >= 0.6 is 0 Å². The first-order valence-corrected chi connectivity index (χ1v) is 14.2. The molecule has 3 unspecified atom stereocenters. The van der Waals surface area contributed by atoms with Gasteiger partial charge in [-0.3, -0.25) is 29.2 Å². The van der Waals surface area contributed by atoms with Gasteiger partial charge in [-0.2, -0.15) is 0 Å². The smallest absolute Gasteiger partial charge is 0.308 e. The first kappa shape index (κ1) is 34.0. The molecule has 0 spiro atoms. The Hall–Kier alpha value is -4.46. The van der Waals surface area contributed by atoms with Gasteiger partial charge in [0.15, 0.2) is 11.8 Å². The minimum atomic E-state index is -0.946. The summed E-state index contributed by atoms with van der Waals surface area (Å²) in [5.74, 6) is -2.80. The summed E-state index contributed by atoms with van der Waals surface area (Å²) in [6, 6.07) is 26.4. The summed E-state index contributed by atoms with van der Waals surface area (Å²) in [6.07, 6.45) is 0. The third kappa shape index (κ3) is 8.13. The Morgan fingerprint density at radius 2 is 1.07 bits per heavy atom. The van der Waals surface area contributed by atoms with Crippen LogP contribution in [0.1, 0.15) is 34.6 Å². The maximum absolute atomic E-state index is 13.3. The third-order valence-corrected chi connectivity index (χ3v) is 7.32. The molecule has 4 rings (SSSR count). The molecule has 44 heavy (non-hydrogen) atoms. The van der Waals surface area contributed by atoms with E-state index in [2.05, 4.69) is 20.6 Å². The Morgan fingerprint density at radius 3 is 1.52 bits per heavy atom. The molecule has 0 heterocycles. The number of amides is 2. The van der Waals surface area contributed by atoms with Crippen molar-refractivity contribution in [2.75, 3.05) is 17.2 Å². The van der Waals surface area contributed by atoms with E-state index in [1.807, 2.05) is 91.9 Å². The number of hydrogen-bond donors (Lipinski definition) is 2. The van der Waals surface area contributed by atoms with E-state index >= 15 is 0 Å². The number of carbonyl (C=O) groups is 2. The Bertz CT molecular complexity index is 1750. The van der Waals surface area contributed by atoms with Gasteiger partial charge in [-0.1, -0.05) is 72.8 Å². The van der Waals surface area contributed by atoms with E-state index < -0.39 is 11.8 Å². The van der Waals surface area contributed by atoms with Crippen LogP contribution in [0.5, 0.6) is 0 Å². The van der Waals surface area contributed by atoms with Gasteiger partial charge in [0.25, 0.3) is 0 Å². The number of benzene rings is 4. The molecule has 1 radical (unpaired) electrons. The van der Waals surface area contributed by atoms with Crippen LogP contribution in [0, 0.1) is 11.8 Å². The van der Waals surface area contributed by atoms with Crippen molar-refractivity contribution in [1.82, 2.24) is 0 Å². The Kier molecular flexibility index (Phi) is 11.9. The standard InChI is InChI=1S/C35H36N4O4.Cu/c1-21(37-23(3)33(25(5)41)35(43)39-31-19-11-15-27-13-7-9-17-29(27)31)20-36-22(2)32(24(4)40)34(42)38-30-18-10-14-26-12-6-8-16-28(26)30;/h6-19,21,32-33H,20H2,1-5H3,(H,38,42)(H,39,43);/p+2. The van der Waals surface area contributed by atoms with E-state index in [0.717, 1.165) is 21.5 Å². The number of ketones is 2. The molecule has 9 heteroatoms. The molecular formula is C35H38CuN4O4+2. The van der Waals surface area contributed by atoms with Crippen molar-refractivity contribution in [3.05, 3.63) is 84.9 Å². The Balaban J connectivity index is 0.00000529. The number of fused-ring (bicyclic) bond motifs is 2. The minimum absolute atomic E-state index is 0. The van der Waals surface area contributed by atoms with Crippen LogP contribution in [-0.2, 0) is 26.7 Å². The maximum atomic E-state index is 13.3. The number of hydrogen-bond acceptors (Lipinski definition) is 4. The van der Waals surface area contributed by atoms with Gasteiger partial charge in [0.2, 0.25) is 11.8 Å². The zero-order valence-electron chi connectivity index (χ0n) is 25.4. The van der Waals surface area contributed by atoms with E-state index in [1.165, 1.54) is 13.8 Å². The first-order valence-electron chi connectivity index (χ1n) is 14.2. The summed E-state index contributed by atoms with van der Waals surface area (Å²) in [6.45, 7) is 8.42. The van der Waals surface area contributed by atoms with E-state index in [4.69, 9.17) is 0 Å². The van der Waals surface area contributed by atoms with Crippen molar-refractivity contribution in [3.63, 3.8) is 0 Å². The molecule has 8 nitrogen and oxygen atoms in total. The Labute approximate surface area is 267 Å². The number of nitrogens with zero attached hydrogens (tertiary/aromatic N) is 2. The topological polar surface area (TPSA) is 126 Å². The second kappa shape index (κ2) is 15.3. The number of rotatable bonds is 11. The van der Waals surface area contributed by atoms with Crippen molar-refractivity contribution in [3.8, 4) is 0 Å². The summed E-state index contributed by atoms with van der Waals surface area (Å²) in [4.78, 5) is 56.6. The monoisotopic (exact) mass is 641 g/mol. The van der Waals surface area contributed by atoms with Gasteiger partial charge in [-0.05, 0) is 43.7 Å². The number of nitrogens with one attached hydrogen (secondary N) is 2. The van der Waals surface area contributed by atoms with Gasteiger partial charge < -0.3 is 10.6 Å². The summed E-state index contributed by atoms with van der Waals surface area (Å²) < 4.78 is 0. The van der Waals surface area contributed by atoms with Gasteiger partial charge >= 0.3 is 11.6 Å². The molecule has 4 aromatic carbocycles. The minimum Gasteiger partial charge on any atom is -0.324 e. The van der Waals surface area contributed by atoms with Crippen LogP contribution in [0.15, 0.2) is 94.9 Å². The van der Waals surface area contributed by atoms with Gasteiger partial charge in [-0.25, -0.2) is 0 Å². The molecule has 4 N–H and O–H groups in total. The summed E-state index contributed by atoms with van der Waals surface area (Å²) >= 11 is 0. The van der Waals surface area contributed by atoms with Crippen molar-refractivity contribution in [2.24, 2.45) is 21.8 Å². The Morgan fingerprint density at radius 1 is 0.659 bits per heavy atom. The zero-order chi connectivity index (χ0) is 31.1. The summed E-state index contributed by atoms with van der Waals surface area (Å²) in [5.41, 5.74) is 2.18. The quantitative estimate of drug-likeness (QED) is 0.0871. The van der Waals surface area contributed by atoms with Crippen molar-refractivity contribution in [2.45, 2.75) is 40.7 Å². The fourth-order valence-electron chi connectivity index (χ4n) is 5.27. The first-order chi connectivity index (χ1) is 20.6. The largest absolute Gasteiger partial charge is 0.324 e. The predicted molar refractivity (Wildman–Crippen MR) is 178 cm³/mol. The zero-order valence-corrected chi connectivity index (χ0v) is 26.4. The molecule has 3 atom stereocenters. The molecule has 0 bridgehead atoms. The summed E-state index contributed by atoms with van der Waals surface area (Å²) in [7, 11) is 0. The summed E-state index contributed by atoms with van der Waals surface area (Å²) in [5, 5.41) is 9.66. The van der Waals surface area contributed by atoms with E-state index in [-0.39, 0.29) is 53.0 Å². The van der Waals surface area contributed by atoms with Crippen LogP contribution < -0.4 is 10.6 Å². The normalized spacial score (nSPS) is 13.8. The molecule has 0 aliphatic rings. The van der Waals surface area contributed by atoms with Crippen molar-refractivity contribution in [1.29, 1.82) is 0 Å². The van der Waals surface area contributed by atoms with Crippen molar-refractivity contribution < 1.29 is 36.2 Å². The molecule has 0 aliphatic heterocycles. The molecule has 2 amide bonds. The van der Waals surface area contributed by atoms with Crippen LogP contribution in [0.3, 0.4) is 0 Å². The molecule has 0 aromatic heterocycles. The number of aliphatic imine (C=N–C) groups is 2. The molecule has 0 saturated carbocycles. The SMILES string of the molecule is CC(=[OH+])C(C(=O)Nc1cccc2ccccc12)C(C)=NCC(C)N=C(C)C(C(=O)Nc1cccc2ccccc12)C(C)=[OH+].[Cu]. The molecular weight excluding hydrogens is 604 g/mol. The second-order valence-corrected chi connectivity index (χ2v) is 10.8. The van der Waals surface area contributed by atoms with Gasteiger partial charge in [-0.15, -0.1) is 0 Å². The number of anilines is 2. The maximum Gasteiger partial charge on any atom is 0.308 e. The van der Waals surface area contributed by atoms with Crippen LogP contribution in [0.4, 0.5) is 11.4 Å². The van der Waals surface area contributed by atoms with Gasteiger partial charge in [0.05, 0.1) is 12.6 Å². The molecule has 0 aliphatic carbocycles. The van der Waals surface area contributed by atoms with Gasteiger partial charge in [0.1, 0.15) is 0 Å². The number of carbonyl (C=O) groups excluding carboxylic acids is 4. The molecule has 0 saturated heterocycles. The van der Waals surface area contributed by atoms with E-state index in [0.29, 0.717) is 22.8 Å². The average Bonchev–Trinajstić information content (AvgIpc) is 2.96. The third-order valence-electron chi connectivity index (χ3n) is 7.32. The second-order valence-electron chi connectivity index (χ2n) is 10.8. The predicted octanol–water partition coefficient (Wildman–Crippen LogP) is 6.24. The van der Waals surface area contributed by atoms with Crippen molar-refractivity contribution >= 4 is 67.7 Å². The van der Waals surface area contributed by atoms with Crippen LogP contribution in [0.25, 0.3) is 21.5 Å². The molecule has 231 valence electrons. The average molecular weight is 642 g/mol. The van der Waals surface area contributed by atoms with E-state index in [1.54, 1.807) is 13.8 Å². The fraction of sp³-hybridized carbons (Fsp3) is 0.257. The molecule has 4 aromatic rings.